The summed E-state index contributed by atoms with van der Waals surface area (Å²) in [6, 6.07) is 55.0. The molecular formula is C46H26N2O2. The molecule has 8 aromatic carbocycles. The van der Waals surface area contributed by atoms with Crippen molar-refractivity contribution in [3.63, 3.8) is 0 Å². The van der Waals surface area contributed by atoms with Crippen LogP contribution >= 0.6 is 0 Å². The van der Waals surface area contributed by atoms with Gasteiger partial charge in [0.25, 0.3) is 0 Å². The van der Waals surface area contributed by atoms with E-state index in [-0.39, 0.29) is 0 Å². The highest BCUT2D eigenvalue weighted by Crippen LogP contribution is 2.47. The van der Waals surface area contributed by atoms with Gasteiger partial charge in [0.15, 0.2) is 11.4 Å². The van der Waals surface area contributed by atoms with Crippen LogP contribution < -0.4 is 0 Å². The Balaban J connectivity index is 1.18. The van der Waals surface area contributed by atoms with Gasteiger partial charge in [-0.05, 0) is 74.8 Å². The van der Waals surface area contributed by atoms with E-state index in [0.717, 1.165) is 61.0 Å². The molecule has 11 aromatic rings. The van der Waals surface area contributed by atoms with Crippen molar-refractivity contribution in [2.45, 2.75) is 0 Å². The first kappa shape index (κ1) is 27.2. The Morgan fingerprint density at radius 2 is 1.06 bits per heavy atom. The fourth-order valence-corrected chi connectivity index (χ4v) is 7.79. The molecule has 0 aliphatic carbocycles. The summed E-state index contributed by atoms with van der Waals surface area (Å²) in [6.07, 6.45) is 0. The monoisotopic (exact) mass is 638 g/mol. The largest absolute Gasteiger partial charge is 0.456 e. The lowest BCUT2D eigenvalue weighted by Crippen LogP contribution is -1.94. The zero-order valence-electron chi connectivity index (χ0n) is 26.7. The third-order valence-corrected chi connectivity index (χ3v) is 10.0. The van der Waals surface area contributed by atoms with Crippen LogP contribution in [-0.2, 0) is 0 Å². The van der Waals surface area contributed by atoms with Gasteiger partial charge >= 0.3 is 0 Å². The van der Waals surface area contributed by atoms with Gasteiger partial charge in [-0.15, -0.1) is 0 Å². The van der Waals surface area contributed by atoms with Gasteiger partial charge in [-0.3, -0.25) is 0 Å². The van der Waals surface area contributed by atoms with E-state index >= 15 is 0 Å². The van der Waals surface area contributed by atoms with E-state index in [4.69, 9.17) is 18.8 Å². The molecule has 0 radical (unpaired) electrons. The minimum atomic E-state index is 0.655. The van der Waals surface area contributed by atoms with Crippen molar-refractivity contribution in [3.8, 4) is 44.9 Å². The third kappa shape index (κ3) is 3.93. The standard InChI is InChI=1S/C46H26N2O2/c1-3-11-27(12-4-1)29-21-22-33-34-18-10-20-38-41(34)42-39(49-38)24-23-32(40(42)36(33)26-29)30-15-9-16-31(25-30)46-47-43(28-13-5-2-6-14-28)45-44(48-46)35-17-7-8-19-37(35)50-45/h1-26H. The number of furan rings is 2. The fourth-order valence-electron chi connectivity index (χ4n) is 7.79. The number of benzene rings is 8. The Bertz CT molecular complexity index is 3080. The number of hydrogen-bond acceptors (Lipinski definition) is 4. The lowest BCUT2D eigenvalue weighted by Gasteiger charge is -2.14. The molecule has 4 heteroatoms. The third-order valence-electron chi connectivity index (χ3n) is 10.0. The lowest BCUT2D eigenvalue weighted by molar-refractivity contribution is 0.667. The summed E-state index contributed by atoms with van der Waals surface area (Å²) in [7, 11) is 0. The number of rotatable bonds is 4. The van der Waals surface area contributed by atoms with Gasteiger partial charge in [-0.1, -0.05) is 121 Å². The predicted molar refractivity (Wildman–Crippen MR) is 205 cm³/mol. The first-order valence-corrected chi connectivity index (χ1v) is 16.8. The Morgan fingerprint density at radius 1 is 0.360 bits per heavy atom. The highest BCUT2D eigenvalue weighted by molar-refractivity contribution is 6.35. The van der Waals surface area contributed by atoms with Gasteiger partial charge < -0.3 is 8.83 Å². The maximum Gasteiger partial charge on any atom is 0.180 e. The Kier molecular flexibility index (Phi) is 5.63. The van der Waals surface area contributed by atoms with Gasteiger partial charge in [-0.2, -0.15) is 0 Å². The molecule has 3 heterocycles. The molecule has 4 nitrogen and oxygen atoms in total. The summed E-state index contributed by atoms with van der Waals surface area (Å²) in [5.41, 5.74) is 11.4. The van der Waals surface area contributed by atoms with Crippen LogP contribution in [0.15, 0.2) is 167 Å². The molecule has 0 unspecified atom stereocenters. The SMILES string of the molecule is c1ccc(-c2ccc3c(c2)c2c(-c4cccc(-c5nc(-c6ccccc6)c6oc7ccccc7c6n5)c4)ccc4oc5cccc3c5c42)cc1. The van der Waals surface area contributed by atoms with Crippen molar-refractivity contribution in [1.29, 1.82) is 0 Å². The Hall–Kier alpha value is -6.78. The first-order chi connectivity index (χ1) is 24.8. The van der Waals surface area contributed by atoms with E-state index in [9.17, 15) is 0 Å². The smallest absolute Gasteiger partial charge is 0.180 e. The topological polar surface area (TPSA) is 52.1 Å². The van der Waals surface area contributed by atoms with E-state index in [1.165, 1.54) is 38.1 Å². The van der Waals surface area contributed by atoms with Gasteiger partial charge in [-0.25, -0.2) is 9.97 Å². The maximum absolute atomic E-state index is 6.48. The molecule has 0 atom stereocenters. The van der Waals surface area contributed by atoms with Gasteiger partial charge in [0.1, 0.15) is 28.0 Å². The molecule has 3 aromatic heterocycles. The minimum Gasteiger partial charge on any atom is -0.456 e. The summed E-state index contributed by atoms with van der Waals surface area (Å²) in [5.74, 6) is 0.655. The van der Waals surface area contributed by atoms with Crippen LogP contribution in [0.1, 0.15) is 0 Å². The average molecular weight is 639 g/mol. The van der Waals surface area contributed by atoms with Gasteiger partial charge in [0, 0.05) is 32.7 Å². The second-order valence-electron chi connectivity index (χ2n) is 12.9. The van der Waals surface area contributed by atoms with Crippen LogP contribution in [0, 0.1) is 0 Å². The minimum absolute atomic E-state index is 0.655. The van der Waals surface area contributed by atoms with Crippen LogP contribution in [0.4, 0.5) is 0 Å². The van der Waals surface area contributed by atoms with Crippen LogP contribution in [0.3, 0.4) is 0 Å². The number of para-hydroxylation sites is 1. The van der Waals surface area contributed by atoms with Crippen molar-refractivity contribution in [3.05, 3.63) is 158 Å². The zero-order chi connectivity index (χ0) is 32.8. The Labute approximate surface area is 286 Å². The van der Waals surface area contributed by atoms with Crippen LogP contribution in [0.2, 0.25) is 0 Å². The molecule has 0 saturated carbocycles. The average Bonchev–Trinajstić information content (AvgIpc) is 3.76. The molecule has 0 saturated heterocycles. The molecule has 0 aliphatic rings. The predicted octanol–water partition coefficient (Wildman–Crippen LogP) is 12.7. The summed E-state index contributed by atoms with van der Waals surface area (Å²) < 4.78 is 12.8. The highest BCUT2D eigenvalue weighted by atomic mass is 16.3. The van der Waals surface area contributed by atoms with Crippen molar-refractivity contribution in [2.24, 2.45) is 0 Å². The van der Waals surface area contributed by atoms with Crippen LogP contribution in [-0.4, -0.2) is 9.97 Å². The van der Waals surface area contributed by atoms with Crippen molar-refractivity contribution < 1.29 is 8.83 Å². The molecule has 11 rings (SSSR count). The van der Waals surface area contributed by atoms with E-state index in [1.54, 1.807) is 0 Å². The fraction of sp³-hybridized carbons (Fsp3) is 0. The van der Waals surface area contributed by atoms with Gasteiger partial charge in [0.2, 0.25) is 0 Å². The van der Waals surface area contributed by atoms with E-state index < -0.39 is 0 Å². The Morgan fingerprint density at radius 3 is 1.94 bits per heavy atom. The van der Waals surface area contributed by atoms with E-state index in [0.29, 0.717) is 11.4 Å². The highest BCUT2D eigenvalue weighted by Gasteiger charge is 2.22. The normalized spacial score (nSPS) is 12.0. The van der Waals surface area contributed by atoms with E-state index in [2.05, 4.69) is 121 Å². The molecule has 0 spiro atoms. The number of aromatic nitrogens is 2. The molecule has 50 heavy (non-hydrogen) atoms. The molecule has 0 fully saturated rings. The summed E-state index contributed by atoms with van der Waals surface area (Å²) in [4.78, 5) is 10.3. The van der Waals surface area contributed by atoms with Crippen LogP contribution in [0.25, 0.3) is 110 Å². The second kappa shape index (κ2) is 10.4. The molecule has 0 aliphatic heterocycles. The van der Waals surface area contributed by atoms with E-state index in [1.807, 2.05) is 36.4 Å². The number of fused-ring (bicyclic) bond motifs is 6. The quantitative estimate of drug-likeness (QED) is 0.180. The lowest BCUT2D eigenvalue weighted by atomic mass is 9.88. The van der Waals surface area contributed by atoms with Crippen molar-refractivity contribution in [1.82, 2.24) is 9.97 Å². The first-order valence-electron chi connectivity index (χ1n) is 16.8. The second-order valence-corrected chi connectivity index (χ2v) is 12.9. The number of hydrogen-bond donors (Lipinski definition) is 0. The van der Waals surface area contributed by atoms with Crippen molar-refractivity contribution >= 4 is 65.6 Å². The summed E-state index contributed by atoms with van der Waals surface area (Å²) >= 11 is 0. The summed E-state index contributed by atoms with van der Waals surface area (Å²) in [6.45, 7) is 0. The molecule has 232 valence electrons. The van der Waals surface area contributed by atoms with Crippen molar-refractivity contribution in [2.75, 3.05) is 0 Å². The van der Waals surface area contributed by atoms with Crippen LogP contribution in [0.5, 0.6) is 0 Å². The molecule has 0 N–H and O–H groups in total. The van der Waals surface area contributed by atoms with Gasteiger partial charge in [0.05, 0.1) is 0 Å². The summed E-state index contributed by atoms with van der Waals surface area (Å²) in [5, 5.41) is 8.11. The molecular weight excluding hydrogens is 613 g/mol. The molecule has 0 bridgehead atoms. The maximum atomic E-state index is 6.48. The number of nitrogens with zero attached hydrogens (tertiary/aromatic N) is 2. The zero-order valence-corrected chi connectivity index (χ0v) is 26.7. The molecule has 0 amide bonds.